The highest BCUT2D eigenvalue weighted by Crippen LogP contribution is 1.86. The molecule has 0 fully saturated rings. The van der Waals surface area contributed by atoms with Gasteiger partial charge in [0.15, 0.2) is 0 Å². The highest BCUT2D eigenvalue weighted by atomic mass is 16.5. The van der Waals surface area contributed by atoms with E-state index >= 15 is 0 Å². The predicted octanol–water partition coefficient (Wildman–Crippen LogP) is -0.564. The van der Waals surface area contributed by atoms with Crippen molar-refractivity contribution in [3.63, 3.8) is 0 Å². The van der Waals surface area contributed by atoms with Crippen molar-refractivity contribution in [2.24, 2.45) is 0 Å². The minimum absolute atomic E-state index is 0.0305. The summed E-state index contributed by atoms with van der Waals surface area (Å²) in [4.78, 5) is 21.2. The van der Waals surface area contributed by atoms with Crippen LogP contribution in [0.3, 0.4) is 0 Å². The second kappa shape index (κ2) is 5.17. The van der Waals surface area contributed by atoms with Crippen LogP contribution in [0.25, 0.3) is 0 Å². The fourth-order valence-corrected chi connectivity index (χ4v) is 0.446. The molecule has 0 amide bonds. The van der Waals surface area contributed by atoms with E-state index in [1.54, 1.807) is 0 Å². The summed E-state index contributed by atoms with van der Waals surface area (Å²) in [5.41, 5.74) is 0.0305. The molecular formula is C7H11NO4. The van der Waals surface area contributed by atoms with Crippen LogP contribution < -0.4 is 5.32 Å². The van der Waals surface area contributed by atoms with Crippen molar-refractivity contribution in [2.75, 3.05) is 20.8 Å². The molecule has 0 spiro atoms. The van der Waals surface area contributed by atoms with E-state index in [1.165, 1.54) is 14.2 Å². The summed E-state index contributed by atoms with van der Waals surface area (Å²) in [5.74, 6) is -1.07. The first kappa shape index (κ1) is 10.5. The molecule has 0 atom stereocenters. The summed E-state index contributed by atoms with van der Waals surface area (Å²) in [6, 6.07) is 0. The monoisotopic (exact) mass is 173 g/mol. The van der Waals surface area contributed by atoms with Gasteiger partial charge in [-0.2, -0.15) is 0 Å². The molecule has 68 valence electrons. The summed E-state index contributed by atoms with van der Waals surface area (Å²) in [6.07, 6.45) is 0. The van der Waals surface area contributed by atoms with Crippen molar-refractivity contribution in [3.05, 3.63) is 12.3 Å². The second-order valence-electron chi connectivity index (χ2n) is 1.90. The van der Waals surface area contributed by atoms with E-state index in [0.29, 0.717) is 0 Å². The Morgan fingerprint density at radius 1 is 1.33 bits per heavy atom. The zero-order chi connectivity index (χ0) is 9.56. The molecule has 0 aliphatic carbocycles. The summed E-state index contributed by atoms with van der Waals surface area (Å²) >= 11 is 0. The van der Waals surface area contributed by atoms with Crippen LogP contribution in [0.5, 0.6) is 0 Å². The maximum Gasteiger partial charge on any atom is 0.353 e. The minimum atomic E-state index is -0.598. The number of hydrogen-bond donors (Lipinski definition) is 1. The molecule has 5 heteroatoms. The first-order valence-corrected chi connectivity index (χ1v) is 3.19. The zero-order valence-corrected chi connectivity index (χ0v) is 7.05. The third-order valence-corrected chi connectivity index (χ3v) is 1.11. The van der Waals surface area contributed by atoms with Crippen LogP contribution in [0.4, 0.5) is 0 Å². The average Bonchev–Trinajstić information content (AvgIpc) is 2.11. The van der Waals surface area contributed by atoms with E-state index in [0.717, 1.165) is 0 Å². The van der Waals surface area contributed by atoms with Crippen molar-refractivity contribution in [1.29, 1.82) is 0 Å². The number of rotatable bonds is 4. The van der Waals surface area contributed by atoms with Gasteiger partial charge < -0.3 is 14.8 Å². The number of methoxy groups -OCH3 is 2. The topological polar surface area (TPSA) is 64.6 Å². The first-order valence-electron chi connectivity index (χ1n) is 3.19. The molecule has 0 radical (unpaired) electrons. The lowest BCUT2D eigenvalue weighted by molar-refractivity contribution is -0.139. The summed E-state index contributed by atoms with van der Waals surface area (Å²) in [5, 5.41) is 2.44. The fraction of sp³-hybridized carbons (Fsp3) is 0.429. The quantitative estimate of drug-likeness (QED) is 0.456. The molecule has 0 saturated carbocycles. The number of nitrogens with one attached hydrogen (secondary N) is 1. The van der Waals surface area contributed by atoms with Crippen molar-refractivity contribution in [3.8, 4) is 0 Å². The summed E-state index contributed by atoms with van der Waals surface area (Å²) in [7, 11) is 2.48. The molecule has 0 aromatic carbocycles. The molecular weight excluding hydrogens is 162 g/mol. The summed E-state index contributed by atoms with van der Waals surface area (Å²) in [6.45, 7) is 3.25. The van der Waals surface area contributed by atoms with Crippen LogP contribution in [0, 0.1) is 0 Å². The number of hydrogen-bond acceptors (Lipinski definition) is 5. The van der Waals surface area contributed by atoms with E-state index in [9.17, 15) is 9.59 Å². The van der Waals surface area contributed by atoms with E-state index < -0.39 is 11.9 Å². The van der Waals surface area contributed by atoms with Crippen molar-refractivity contribution >= 4 is 11.9 Å². The highest BCUT2D eigenvalue weighted by molar-refractivity contribution is 5.87. The Hall–Kier alpha value is -1.52. The molecule has 0 bridgehead atoms. The van der Waals surface area contributed by atoms with E-state index in [-0.39, 0.29) is 12.2 Å². The van der Waals surface area contributed by atoms with Gasteiger partial charge in [-0.1, -0.05) is 6.58 Å². The molecule has 0 saturated heterocycles. The smallest absolute Gasteiger partial charge is 0.353 e. The van der Waals surface area contributed by atoms with Gasteiger partial charge in [-0.05, 0) is 0 Å². The van der Waals surface area contributed by atoms with Gasteiger partial charge >= 0.3 is 11.9 Å². The lowest BCUT2D eigenvalue weighted by Crippen LogP contribution is -2.27. The Bertz CT molecular complexity index is 200. The van der Waals surface area contributed by atoms with Crippen LogP contribution in [0.2, 0.25) is 0 Å². The molecule has 0 unspecified atom stereocenters. The van der Waals surface area contributed by atoms with Gasteiger partial charge in [-0.25, -0.2) is 4.79 Å². The van der Waals surface area contributed by atoms with Gasteiger partial charge in [-0.15, -0.1) is 0 Å². The number of carbonyl (C=O) groups is 2. The molecule has 0 aromatic rings. The predicted molar refractivity (Wildman–Crippen MR) is 41.2 cm³/mol. The number of esters is 2. The third kappa shape index (κ3) is 3.60. The van der Waals surface area contributed by atoms with Gasteiger partial charge in [-0.3, -0.25) is 4.79 Å². The summed E-state index contributed by atoms with van der Waals surface area (Å²) < 4.78 is 8.64. The number of ether oxygens (including phenoxy) is 2. The lowest BCUT2D eigenvalue weighted by Gasteiger charge is -2.04. The van der Waals surface area contributed by atoms with Gasteiger partial charge in [0, 0.05) is 0 Å². The molecule has 0 aliphatic heterocycles. The zero-order valence-electron chi connectivity index (χ0n) is 7.05. The van der Waals surface area contributed by atoms with Crippen molar-refractivity contribution in [2.45, 2.75) is 0 Å². The van der Waals surface area contributed by atoms with Crippen molar-refractivity contribution < 1.29 is 19.1 Å². The molecule has 0 aliphatic rings. The van der Waals surface area contributed by atoms with E-state index in [1.807, 2.05) is 0 Å². The normalized spacial score (nSPS) is 8.50. The lowest BCUT2D eigenvalue weighted by atomic mass is 10.5. The molecule has 0 heterocycles. The molecule has 1 N–H and O–H groups in total. The minimum Gasteiger partial charge on any atom is -0.468 e. The maximum absolute atomic E-state index is 10.7. The van der Waals surface area contributed by atoms with Crippen LogP contribution in [0.15, 0.2) is 12.3 Å². The van der Waals surface area contributed by atoms with Crippen LogP contribution in [-0.4, -0.2) is 32.7 Å². The molecule has 0 aromatic heterocycles. The van der Waals surface area contributed by atoms with Gasteiger partial charge in [0.05, 0.1) is 14.2 Å². The van der Waals surface area contributed by atoms with Gasteiger partial charge in [0.1, 0.15) is 12.2 Å². The Labute approximate surface area is 70.3 Å². The Morgan fingerprint density at radius 3 is 2.33 bits per heavy atom. The van der Waals surface area contributed by atoms with E-state index in [4.69, 9.17) is 0 Å². The highest BCUT2D eigenvalue weighted by Gasteiger charge is 2.07. The van der Waals surface area contributed by atoms with Crippen LogP contribution in [-0.2, 0) is 19.1 Å². The average molecular weight is 173 g/mol. The van der Waals surface area contributed by atoms with Gasteiger partial charge in [0.25, 0.3) is 0 Å². The first-order chi connectivity index (χ1) is 5.61. The maximum atomic E-state index is 10.7. The SMILES string of the molecule is C=C(NCC(=O)OC)C(=O)OC. The van der Waals surface area contributed by atoms with Gasteiger partial charge in [0.2, 0.25) is 0 Å². The van der Waals surface area contributed by atoms with E-state index in [2.05, 4.69) is 21.4 Å². The Kier molecular flexibility index (Phi) is 4.52. The Morgan fingerprint density at radius 2 is 1.92 bits per heavy atom. The molecule has 5 nitrogen and oxygen atoms in total. The number of carbonyl (C=O) groups excluding carboxylic acids is 2. The van der Waals surface area contributed by atoms with Crippen molar-refractivity contribution in [1.82, 2.24) is 5.32 Å². The standard InChI is InChI=1S/C7H11NO4/c1-5(7(10)12-3)8-4-6(9)11-2/h8H,1,4H2,2-3H3. The van der Waals surface area contributed by atoms with Crippen LogP contribution >= 0.6 is 0 Å². The Balaban J connectivity index is 3.72. The fourth-order valence-electron chi connectivity index (χ4n) is 0.446. The van der Waals surface area contributed by atoms with Crippen LogP contribution in [0.1, 0.15) is 0 Å². The molecule has 12 heavy (non-hydrogen) atoms. The third-order valence-electron chi connectivity index (χ3n) is 1.11. The molecule has 0 rings (SSSR count). The second-order valence-corrected chi connectivity index (χ2v) is 1.90. The largest absolute Gasteiger partial charge is 0.468 e.